The molecule has 0 saturated carbocycles. The van der Waals surface area contributed by atoms with Gasteiger partial charge in [-0.25, -0.2) is 9.59 Å². The largest absolute Gasteiger partial charge is 0.458 e. The van der Waals surface area contributed by atoms with Crippen molar-refractivity contribution in [1.29, 1.82) is 0 Å². The molecule has 0 bridgehead atoms. The van der Waals surface area contributed by atoms with Crippen LogP contribution >= 0.6 is 11.8 Å². The molecule has 3 rings (SSSR count). The summed E-state index contributed by atoms with van der Waals surface area (Å²) in [4.78, 5) is 24.1. The molecular weight excluding hydrogens is 484 g/mol. The van der Waals surface area contributed by atoms with E-state index in [1.807, 2.05) is 18.2 Å². The number of hydrogen-bond donors (Lipinski definition) is 2. The second kappa shape index (κ2) is 13.3. The molecule has 1 amide bonds. The highest BCUT2D eigenvalue weighted by molar-refractivity contribution is 7.99. The zero-order valence-electron chi connectivity index (χ0n) is 21.9. The number of carbonyl (C=O) groups is 2. The normalized spacial score (nSPS) is 12.4. The molecule has 0 aliphatic heterocycles. The number of rotatable bonds is 11. The van der Waals surface area contributed by atoms with Crippen LogP contribution in [0.4, 0.5) is 4.79 Å². The molecule has 0 heterocycles. The van der Waals surface area contributed by atoms with E-state index < -0.39 is 29.2 Å². The number of esters is 1. The van der Waals surface area contributed by atoms with Crippen LogP contribution in [0.25, 0.3) is 0 Å². The molecule has 0 radical (unpaired) electrons. The summed E-state index contributed by atoms with van der Waals surface area (Å²) in [5, 5.41) is 6.32. The number of alkyl carbamates (subject to hydrolysis) is 1. The standard InChI is InChI=1S/C30H36N2O4S/c1-23(27(33)36-29(2,3)4)32-28(34)35-22-37-21-20-31-30(24-14-8-5-9-15-24,25-16-10-6-11-17-25)26-18-12-7-13-19-26/h5-19,23,31H,20-22H2,1-4H3,(H,32,34). The highest BCUT2D eigenvalue weighted by Gasteiger charge is 2.35. The van der Waals surface area contributed by atoms with Crippen LogP contribution < -0.4 is 10.6 Å². The Morgan fingerprint density at radius 1 is 0.811 bits per heavy atom. The molecule has 196 valence electrons. The summed E-state index contributed by atoms with van der Waals surface area (Å²) in [6, 6.07) is 30.4. The van der Waals surface area contributed by atoms with E-state index in [9.17, 15) is 9.59 Å². The Bertz CT molecular complexity index is 1020. The van der Waals surface area contributed by atoms with Crippen LogP contribution in [0.3, 0.4) is 0 Å². The molecule has 37 heavy (non-hydrogen) atoms. The zero-order valence-corrected chi connectivity index (χ0v) is 22.7. The number of thioether (sulfide) groups is 1. The second-order valence-corrected chi connectivity index (χ2v) is 10.7. The zero-order chi connectivity index (χ0) is 26.7. The van der Waals surface area contributed by atoms with Gasteiger partial charge in [-0.2, -0.15) is 0 Å². The van der Waals surface area contributed by atoms with E-state index in [0.717, 1.165) is 16.7 Å². The Morgan fingerprint density at radius 2 is 1.27 bits per heavy atom. The molecule has 0 aliphatic carbocycles. The first-order valence-electron chi connectivity index (χ1n) is 12.4. The first kappa shape index (κ1) is 28.3. The van der Waals surface area contributed by atoms with Gasteiger partial charge in [-0.1, -0.05) is 91.0 Å². The maximum Gasteiger partial charge on any atom is 0.408 e. The summed E-state index contributed by atoms with van der Waals surface area (Å²) < 4.78 is 10.5. The number of amides is 1. The van der Waals surface area contributed by atoms with Crippen LogP contribution in [-0.4, -0.2) is 41.9 Å². The van der Waals surface area contributed by atoms with Crippen molar-refractivity contribution in [3.05, 3.63) is 108 Å². The van der Waals surface area contributed by atoms with Crippen LogP contribution in [0.5, 0.6) is 0 Å². The Morgan fingerprint density at radius 3 is 1.70 bits per heavy atom. The van der Waals surface area contributed by atoms with Gasteiger partial charge in [0.2, 0.25) is 0 Å². The van der Waals surface area contributed by atoms with Gasteiger partial charge in [0.05, 0.1) is 5.54 Å². The van der Waals surface area contributed by atoms with Crippen LogP contribution in [0.2, 0.25) is 0 Å². The van der Waals surface area contributed by atoms with Gasteiger partial charge in [0.15, 0.2) is 0 Å². The van der Waals surface area contributed by atoms with Crippen LogP contribution in [-0.2, 0) is 19.8 Å². The van der Waals surface area contributed by atoms with E-state index in [1.165, 1.54) is 11.8 Å². The highest BCUT2D eigenvalue weighted by Crippen LogP contribution is 2.36. The van der Waals surface area contributed by atoms with Crippen molar-refractivity contribution >= 4 is 23.8 Å². The van der Waals surface area contributed by atoms with Crippen molar-refractivity contribution < 1.29 is 19.1 Å². The molecule has 3 aromatic carbocycles. The van der Waals surface area contributed by atoms with Crippen molar-refractivity contribution in [3.63, 3.8) is 0 Å². The number of ether oxygens (including phenoxy) is 2. The van der Waals surface area contributed by atoms with E-state index in [2.05, 4.69) is 83.4 Å². The number of carbonyl (C=O) groups excluding carboxylic acids is 2. The minimum Gasteiger partial charge on any atom is -0.458 e. The van der Waals surface area contributed by atoms with E-state index in [0.29, 0.717) is 12.3 Å². The number of nitrogens with one attached hydrogen (secondary N) is 2. The summed E-state index contributed by atoms with van der Waals surface area (Å²) >= 11 is 1.49. The molecule has 2 N–H and O–H groups in total. The van der Waals surface area contributed by atoms with E-state index >= 15 is 0 Å². The third-order valence-corrected chi connectivity index (χ3v) is 6.40. The molecule has 0 aliphatic rings. The molecule has 1 atom stereocenters. The average Bonchev–Trinajstić information content (AvgIpc) is 2.89. The Hall–Kier alpha value is -3.29. The summed E-state index contributed by atoms with van der Waals surface area (Å²) in [6.07, 6.45) is -0.647. The monoisotopic (exact) mass is 520 g/mol. The Kier molecular flexibility index (Phi) is 10.2. The second-order valence-electron chi connectivity index (χ2n) is 9.63. The molecule has 0 spiro atoms. The lowest BCUT2D eigenvalue weighted by Crippen LogP contribution is -2.45. The lowest BCUT2D eigenvalue weighted by molar-refractivity contribution is -0.156. The predicted molar refractivity (Wildman–Crippen MR) is 149 cm³/mol. The Labute approximate surface area is 224 Å². The van der Waals surface area contributed by atoms with Crippen molar-refractivity contribution in [1.82, 2.24) is 10.6 Å². The van der Waals surface area contributed by atoms with Crippen molar-refractivity contribution in [2.75, 3.05) is 18.2 Å². The van der Waals surface area contributed by atoms with Gasteiger partial charge in [-0.05, 0) is 44.4 Å². The molecule has 1 unspecified atom stereocenters. The van der Waals surface area contributed by atoms with Crippen molar-refractivity contribution in [3.8, 4) is 0 Å². The maximum atomic E-state index is 12.1. The quantitative estimate of drug-likeness (QED) is 0.146. The first-order chi connectivity index (χ1) is 17.7. The van der Waals surface area contributed by atoms with E-state index in [4.69, 9.17) is 9.47 Å². The van der Waals surface area contributed by atoms with Gasteiger partial charge in [0, 0.05) is 12.3 Å². The number of hydrogen-bond acceptors (Lipinski definition) is 6. The van der Waals surface area contributed by atoms with Crippen LogP contribution in [0.15, 0.2) is 91.0 Å². The fraction of sp³-hybridized carbons (Fsp3) is 0.333. The molecule has 7 heteroatoms. The molecule has 3 aromatic rings. The predicted octanol–water partition coefficient (Wildman–Crippen LogP) is 5.72. The lowest BCUT2D eigenvalue weighted by Gasteiger charge is -2.37. The minimum absolute atomic E-state index is 0.170. The smallest absolute Gasteiger partial charge is 0.408 e. The minimum atomic E-state index is -0.790. The topological polar surface area (TPSA) is 76.7 Å². The lowest BCUT2D eigenvalue weighted by atomic mass is 9.77. The van der Waals surface area contributed by atoms with Gasteiger partial charge < -0.3 is 14.8 Å². The van der Waals surface area contributed by atoms with Gasteiger partial charge in [0.25, 0.3) is 0 Å². The van der Waals surface area contributed by atoms with E-state index in [-0.39, 0.29) is 5.94 Å². The van der Waals surface area contributed by atoms with Gasteiger partial charge in [-0.15, -0.1) is 11.8 Å². The number of benzene rings is 3. The van der Waals surface area contributed by atoms with Gasteiger partial charge in [0.1, 0.15) is 17.6 Å². The summed E-state index contributed by atoms with van der Waals surface area (Å²) in [7, 11) is 0. The van der Waals surface area contributed by atoms with Gasteiger partial charge in [-0.3, -0.25) is 5.32 Å². The molecular formula is C30H36N2O4S. The Balaban J connectivity index is 1.61. The first-order valence-corrected chi connectivity index (χ1v) is 13.5. The van der Waals surface area contributed by atoms with Crippen molar-refractivity contribution in [2.24, 2.45) is 0 Å². The third kappa shape index (κ3) is 8.10. The fourth-order valence-corrected chi connectivity index (χ4v) is 4.56. The average molecular weight is 521 g/mol. The fourth-order valence-electron chi connectivity index (χ4n) is 4.00. The molecule has 0 aromatic heterocycles. The summed E-state index contributed by atoms with van der Waals surface area (Å²) in [6.45, 7) is 7.58. The summed E-state index contributed by atoms with van der Waals surface area (Å²) in [5.41, 5.74) is 2.28. The maximum absolute atomic E-state index is 12.1. The van der Waals surface area contributed by atoms with Crippen molar-refractivity contribution in [2.45, 2.75) is 44.9 Å². The highest BCUT2D eigenvalue weighted by atomic mass is 32.2. The molecule has 0 fully saturated rings. The third-order valence-electron chi connectivity index (χ3n) is 5.63. The van der Waals surface area contributed by atoms with Crippen LogP contribution in [0, 0.1) is 0 Å². The summed E-state index contributed by atoms with van der Waals surface area (Å²) in [5.74, 6) is 0.382. The molecule has 6 nitrogen and oxygen atoms in total. The van der Waals surface area contributed by atoms with E-state index in [1.54, 1.807) is 27.7 Å². The van der Waals surface area contributed by atoms with Crippen LogP contribution in [0.1, 0.15) is 44.4 Å². The molecule has 0 saturated heterocycles. The van der Waals surface area contributed by atoms with Gasteiger partial charge >= 0.3 is 12.1 Å². The SMILES string of the molecule is CC(NC(=O)OCSCCNC(c1ccccc1)(c1ccccc1)c1ccccc1)C(=O)OC(C)(C)C.